The first-order valence-corrected chi connectivity index (χ1v) is 12.8. The topological polar surface area (TPSA) is 144 Å². The number of methoxy groups -OCH3 is 1. The van der Waals surface area contributed by atoms with Crippen LogP contribution in [0.15, 0.2) is 58.3 Å². The van der Waals surface area contributed by atoms with Gasteiger partial charge >= 0.3 is 0 Å². The molecule has 1 fully saturated rings. The summed E-state index contributed by atoms with van der Waals surface area (Å²) >= 11 is 0. The molecule has 1 saturated heterocycles. The van der Waals surface area contributed by atoms with E-state index in [1.54, 1.807) is 20.8 Å². The molecule has 0 aliphatic carbocycles. The zero-order valence-electron chi connectivity index (χ0n) is 18.5. The number of ether oxygens (including phenoxy) is 1. The van der Waals surface area contributed by atoms with Gasteiger partial charge in [0.25, 0.3) is 5.91 Å². The van der Waals surface area contributed by atoms with Crippen LogP contribution in [0.3, 0.4) is 0 Å². The van der Waals surface area contributed by atoms with Crippen LogP contribution in [0, 0.1) is 0 Å². The Morgan fingerprint density at radius 3 is 1.91 bits per heavy atom. The van der Waals surface area contributed by atoms with Gasteiger partial charge in [0.05, 0.1) is 29.0 Å². The van der Waals surface area contributed by atoms with E-state index in [1.807, 2.05) is 0 Å². The van der Waals surface area contributed by atoms with Gasteiger partial charge in [-0.05, 0) is 69.3 Å². The van der Waals surface area contributed by atoms with E-state index in [0.717, 1.165) is 9.21 Å². The maximum absolute atomic E-state index is 13.5. The Bertz CT molecular complexity index is 1280. The Morgan fingerprint density at radius 1 is 0.939 bits per heavy atom. The summed E-state index contributed by atoms with van der Waals surface area (Å²) in [6.07, 6.45) is -0.359. The van der Waals surface area contributed by atoms with Gasteiger partial charge in [-0.3, -0.25) is 9.59 Å². The third-order valence-corrected chi connectivity index (χ3v) is 8.22. The smallest absolute Gasteiger partial charge is 0.252 e. The van der Waals surface area contributed by atoms with E-state index in [-0.39, 0.29) is 21.9 Å². The number of anilines is 1. The maximum Gasteiger partial charge on any atom is 0.252 e. The van der Waals surface area contributed by atoms with Crippen molar-refractivity contribution in [3.8, 4) is 5.75 Å². The molecule has 1 aliphatic rings. The minimum atomic E-state index is -4.17. The number of sulfonamides is 2. The van der Waals surface area contributed by atoms with E-state index in [9.17, 15) is 26.4 Å². The number of benzene rings is 2. The molecule has 12 heteroatoms. The first kappa shape index (κ1) is 24.8. The number of carbonyl (C=O) groups excluding carboxylic acids is 2. The highest BCUT2D eigenvalue weighted by Crippen LogP contribution is 2.34. The lowest BCUT2D eigenvalue weighted by Crippen LogP contribution is -2.54. The van der Waals surface area contributed by atoms with Crippen LogP contribution >= 0.6 is 0 Å². The lowest BCUT2D eigenvalue weighted by atomic mass is 10.1. The second-order valence-electron chi connectivity index (χ2n) is 8.47. The number of carbonyl (C=O) groups is 2. The molecule has 33 heavy (non-hydrogen) atoms. The molecule has 2 aromatic carbocycles. The SMILES string of the molecule is COc1ccc(S(=O)(=O)N(C2CC(=O)N(c3ccc(S(N)(=O)=O)cc3)C2=O)C(C)(C)C)cc1. The van der Waals surface area contributed by atoms with Gasteiger partial charge in [0.1, 0.15) is 11.8 Å². The molecule has 2 amide bonds. The molecule has 2 aromatic rings. The Balaban J connectivity index is 2.01. The van der Waals surface area contributed by atoms with E-state index in [1.165, 1.54) is 55.6 Å². The van der Waals surface area contributed by atoms with Gasteiger partial charge in [0.15, 0.2) is 0 Å². The molecule has 1 unspecified atom stereocenters. The van der Waals surface area contributed by atoms with Gasteiger partial charge in [-0.1, -0.05) is 0 Å². The Hall–Kier alpha value is -2.80. The van der Waals surface area contributed by atoms with Gasteiger partial charge in [-0.15, -0.1) is 0 Å². The van der Waals surface area contributed by atoms with Gasteiger partial charge in [-0.2, -0.15) is 4.31 Å². The average Bonchev–Trinajstić information content (AvgIpc) is 2.99. The number of rotatable bonds is 6. The summed E-state index contributed by atoms with van der Waals surface area (Å²) in [5.74, 6) is -0.861. The third kappa shape index (κ3) is 4.78. The largest absolute Gasteiger partial charge is 0.497 e. The van der Waals surface area contributed by atoms with Crippen molar-refractivity contribution in [2.24, 2.45) is 5.14 Å². The first-order valence-electron chi connectivity index (χ1n) is 9.86. The van der Waals surface area contributed by atoms with Crippen LogP contribution in [0.5, 0.6) is 5.75 Å². The van der Waals surface area contributed by atoms with Crippen LogP contribution in [0.1, 0.15) is 27.2 Å². The van der Waals surface area contributed by atoms with Crippen molar-refractivity contribution in [3.05, 3.63) is 48.5 Å². The Labute approximate surface area is 193 Å². The van der Waals surface area contributed by atoms with E-state index >= 15 is 0 Å². The molecule has 0 spiro atoms. The quantitative estimate of drug-likeness (QED) is 0.597. The molecule has 1 aliphatic heterocycles. The fourth-order valence-corrected chi connectivity index (χ4v) is 6.16. The summed E-state index contributed by atoms with van der Waals surface area (Å²) in [5.41, 5.74) is -0.914. The number of amides is 2. The Kier molecular flexibility index (Phi) is 6.41. The lowest BCUT2D eigenvalue weighted by Gasteiger charge is -2.37. The minimum Gasteiger partial charge on any atom is -0.497 e. The molecule has 0 bridgehead atoms. The van der Waals surface area contributed by atoms with Crippen molar-refractivity contribution in [1.82, 2.24) is 4.31 Å². The number of nitrogens with two attached hydrogens (primary N) is 1. The first-order chi connectivity index (χ1) is 15.2. The fraction of sp³-hybridized carbons (Fsp3) is 0.333. The van der Waals surface area contributed by atoms with Gasteiger partial charge < -0.3 is 4.74 Å². The van der Waals surface area contributed by atoms with E-state index in [2.05, 4.69) is 0 Å². The van der Waals surface area contributed by atoms with Crippen molar-refractivity contribution in [2.45, 2.75) is 48.6 Å². The summed E-state index contributed by atoms with van der Waals surface area (Å²) in [6, 6.07) is 9.36. The van der Waals surface area contributed by atoms with Crippen molar-refractivity contribution >= 4 is 37.5 Å². The maximum atomic E-state index is 13.5. The highest BCUT2D eigenvalue weighted by molar-refractivity contribution is 7.89. The molecular weight excluding hydrogens is 470 g/mol. The molecular formula is C21H25N3O7S2. The number of primary sulfonamides is 1. The van der Waals surface area contributed by atoms with Crippen LogP contribution in [0.4, 0.5) is 5.69 Å². The molecule has 0 radical (unpaired) electrons. The predicted octanol–water partition coefficient (Wildman–Crippen LogP) is 1.46. The number of hydrogen-bond donors (Lipinski definition) is 1. The van der Waals surface area contributed by atoms with Crippen molar-refractivity contribution in [2.75, 3.05) is 12.0 Å². The third-order valence-electron chi connectivity index (χ3n) is 5.11. The van der Waals surface area contributed by atoms with E-state index < -0.39 is 43.4 Å². The Morgan fingerprint density at radius 2 is 1.45 bits per heavy atom. The van der Waals surface area contributed by atoms with Crippen LogP contribution < -0.4 is 14.8 Å². The number of imide groups is 1. The van der Waals surface area contributed by atoms with Crippen molar-refractivity contribution in [3.63, 3.8) is 0 Å². The van der Waals surface area contributed by atoms with Gasteiger partial charge in [-0.25, -0.2) is 26.9 Å². The molecule has 0 saturated carbocycles. The van der Waals surface area contributed by atoms with E-state index in [0.29, 0.717) is 5.75 Å². The van der Waals surface area contributed by atoms with E-state index in [4.69, 9.17) is 9.88 Å². The molecule has 1 heterocycles. The number of nitrogens with zero attached hydrogens (tertiary/aromatic N) is 2. The van der Waals surface area contributed by atoms with Crippen LogP contribution in [-0.4, -0.2) is 51.6 Å². The predicted molar refractivity (Wildman–Crippen MR) is 120 cm³/mol. The standard InChI is InChI=1S/C21H25N3O7S2/c1-21(2,3)24(33(29,30)17-11-7-15(31-4)8-12-17)18-13-19(25)23(20(18)26)14-5-9-16(10-6-14)32(22,27)28/h5-12,18H,13H2,1-4H3,(H2,22,27,28). The number of hydrogen-bond acceptors (Lipinski definition) is 7. The molecule has 178 valence electrons. The fourth-order valence-electron chi connectivity index (χ4n) is 3.71. The van der Waals surface area contributed by atoms with Crippen LogP contribution in [0.25, 0.3) is 0 Å². The molecule has 3 rings (SSSR count). The highest BCUT2D eigenvalue weighted by atomic mass is 32.2. The van der Waals surface area contributed by atoms with Crippen molar-refractivity contribution in [1.29, 1.82) is 0 Å². The summed E-state index contributed by atoms with van der Waals surface area (Å²) in [5, 5.41) is 5.09. The zero-order valence-corrected chi connectivity index (χ0v) is 20.2. The summed E-state index contributed by atoms with van der Waals surface area (Å²) in [6.45, 7) is 4.90. The molecule has 10 nitrogen and oxygen atoms in total. The molecule has 2 N–H and O–H groups in total. The average molecular weight is 496 g/mol. The minimum absolute atomic E-state index is 0.0468. The zero-order chi connectivity index (χ0) is 24.8. The second kappa shape index (κ2) is 8.52. The summed E-state index contributed by atoms with van der Waals surface area (Å²) < 4.78 is 56.2. The normalized spacial score (nSPS) is 17.6. The molecule has 0 aromatic heterocycles. The summed E-state index contributed by atoms with van der Waals surface area (Å²) in [7, 11) is -6.67. The van der Waals surface area contributed by atoms with Crippen LogP contribution in [-0.2, 0) is 29.6 Å². The lowest BCUT2D eigenvalue weighted by molar-refractivity contribution is -0.122. The molecule has 1 atom stereocenters. The van der Waals surface area contributed by atoms with Crippen LogP contribution in [0.2, 0.25) is 0 Å². The highest BCUT2D eigenvalue weighted by Gasteiger charge is 2.50. The van der Waals surface area contributed by atoms with Crippen molar-refractivity contribution < 1.29 is 31.2 Å². The van der Waals surface area contributed by atoms with Gasteiger partial charge in [0, 0.05) is 5.54 Å². The van der Waals surface area contributed by atoms with Gasteiger partial charge in [0.2, 0.25) is 26.0 Å². The second-order valence-corrected chi connectivity index (χ2v) is 11.8. The summed E-state index contributed by atoms with van der Waals surface area (Å²) in [4.78, 5) is 26.7. The monoisotopic (exact) mass is 495 g/mol.